The first kappa shape index (κ1) is 15.3. The number of rotatable bonds is 6. The van der Waals surface area contributed by atoms with Crippen molar-refractivity contribution in [1.82, 2.24) is 0 Å². The SMILES string of the molecule is O=C([C@H](O)[C@@H](O)[C@H](O)[C@H](O)CO)C(O)(F)F. The summed E-state index contributed by atoms with van der Waals surface area (Å²) in [7, 11) is 0. The van der Waals surface area contributed by atoms with Crippen LogP contribution in [0.25, 0.3) is 0 Å². The number of aliphatic hydroxyl groups is 6. The summed E-state index contributed by atoms with van der Waals surface area (Å²) >= 11 is 0. The maximum Gasteiger partial charge on any atom is 0.416 e. The predicted octanol–water partition coefficient (Wildman–Crippen LogP) is -3.42. The van der Waals surface area contributed by atoms with E-state index in [9.17, 15) is 13.6 Å². The number of carbonyl (C=O) groups is 1. The largest absolute Gasteiger partial charge is 0.416 e. The molecule has 0 saturated carbocycles. The first-order valence-corrected chi connectivity index (χ1v) is 4.10. The minimum Gasteiger partial charge on any atom is -0.394 e. The summed E-state index contributed by atoms with van der Waals surface area (Å²) in [5.41, 5.74) is 0. The summed E-state index contributed by atoms with van der Waals surface area (Å²) in [4.78, 5) is 10.6. The van der Waals surface area contributed by atoms with Crippen LogP contribution in [0.2, 0.25) is 0 Å². The Morgan fingerprint density at radius 2 is 1.56 bits per heavy atom. The summed E-state index contributed by atoms with van der Waals surface area (Å²) in [6.07, 6.45) is -14.3. The highest BCUT2D eigenvalue weighted by Gasteiger charge is 2.45. The molecule has 0 radical (unpaired) electrons. The van der Waals surface area contributed by atoms with Gasteiger partial charge in [-0.25, -0.2) is 0 Å². The van der Waals surface area contributed by atoms with Gasteiger partial charge in [0.2, 0.25) is 0 Å². The molecule has 0 aromatic rings. The van der Waals surface area contributed by atoms with E-state index in [0.717, 1.165) is 0 Å². The second-order valence-electron chi connectivity index (χ2n) is 3.08. The number of hydrogen-bond acceptors (Lipinski definition) is 7. The Bertz CT molecular complexity index is 241. The molecule has 0 aliphatic rings. The van der Waals surface area contributed by atoms with Gasteiger partial charge in [-0.1, -0.05) is 0 Å². The predicted molar refractivity (Wildman–Crippen MR) is 43.3 cm³/mol. The fraction of sp³-hybridized carbons (Fsp3) is 0.857. The van der Waals surface area contributed by atoms with Crippen LogP contribution >= 0.6 is 0 Å². The molecule has 0 aliphatic heterocycles. The molecule has 0 spiro atoms. The Morgan fingerprint density at radius 1 is 1.12 bits per heavy atom. The van der Waals surface area contributed by atoms with Crippen LogP contribution in [0.4, 0.5) is 8.78 Å². The normalized spacial score (nSPS) is 20.0. The molecule has 16 heavy (non-hydrogen) atoms. The van der Waals surface area contributed by atoms with Crippen molar-refractivity contribution in [3.8, 4) is 0 Å². The summed E-state index contributed by atoms with van der Waals surface area (Å²) in [5.74, 6) is -2.43. The van der Waals surface area contributed by atoms with Gasteiger partial charge >= 0.3 is 6.11 Å². The molecule has 7 nitrogen and oxygen atoms in total. The van der Waals surface area contributed by atoms with Crippen molar-refractivity contribution in [1.29, 1.82) is 0 Å². The number of ketones is 1. The van der Waals surface area contributed by atoms with Gasteiger partial charge in [0.05, 0.1) is 6.61 Å². The monoisotopic (exact) mass is 246 g/mol. The lowest BCUT2D eigenvalue weighted by atomic mass is 10.00. The molecule has 0 aromatic carbocycles. The van der Waals surface area contributed by atoms with Crippen LogP contribution in [0.1, 0.15) is 0 Å². The molecule has 0 fully saturated rings. The number of halogens is 2. The van der Waals surface area contributed by atoms with Gasteiger partial charge in [-0.05, 0) is 0 Å². The second kappa shape index (κ2) is 5.57. The Morgan fingerprint density at radius 3 is 1.88 bits per heavy atom. The molecule has 4 atom stereocenters. The standard InChI is InChI=1S/C7H12F2O7/c8-7(9,16)6(15)5(14)4(13)3(12)2(11)1-10/h2-5,10-14,16H,1H2/t2-,3-,4+,5-/m1/s1. The number of aliphatic hydroxyl groups excluding tert-OH is 5. The van der Waals surface area contributed by atoms with Crippen molar-refractivity contribution in [2.45, 2.75) is 30.5 Å². The summed E-state index contributed by atoms with van der Waals surface area (Å²) in [6, 6.07) is 0. The highest BCUT2D eigenvalue weighted by molar-refractivity contribution is 5.88. The molecular weight excluding hydrogens is 234 g/mol. The number of Topliss-reactive ketones (excluding diaryl/α,β-unsaturated/α-hetero) is 1. The van der Waals surface area contributed by atoms with Crippen LogP contribution in [0.15, 0.2) is 0 Å². The van der Waals surface area contributed by atoms with Crippen molar-refractivity contribution in [3.63, 3.8) is 0 Å². The zero-order valence-corrected chi connectivity index (χ0v) is 7.86. The maximum atomic E-state index is 12.0. The molecular formula is C7H12F2O7. The molecule has 0 unspecified atom stereocenters. The molecule has 0 rings (SSSR count). The van der Waals surface area contributed by atoms with E-state index < -0.39 is 42.9 Å². The maximum absolute atomic E-state index is 12.0. The molecule has 96 valence electrons. The highest BCUT2D eigenvalue weighted by atomic mass is 19.3. The van der Waals surface area contributed by atoms with Crippen molar-refractivity contribution in [2.75, 3.05) is 6.61 Å². The minimum absolute atomic E-state index is 1.02. The molecule has 0 aromatic heterocycles. The summed E-state index contributed by atoms with van der Waals surface area (Å²) in [6.45, 7) is -1.02. The number of alkyl halides is 2. The first-order valence-electron chi connectivity index (χ1n) is 4.10. The minimum atomic E-state index is -4.87. The quantitative estimate of drug-likeness (QED) is 0.287. The van der Waals surface area contributed by atoms with E-state index in [1.165, 1.54) is 0 Å². The van der Waals surface area contributed by atoms with Gasteiger partial charge in [-0.15, -0.1) is 0 Å². The number of hydrogen-bond donors (Lipinski definition) is 6. The molecule has 6 N–H and O–H groups in total. The Labute approximate surface area is 88.2 Å². The highest BCUT2D eigenvalue weighted by Crippen LogP contribution is 2.16. The lowest BCUT2D eigenvalue weighted by Gasteiger charge is -2.25. The molecule has 0 amide bonds. The lowest BCUT2D eigenvalue weighted by molar-refractivity contribution is -0.218. The van der Waals surface area contributed by atoms with Gasteiger partial charge in [0.25, 0.3) is 5.78 Å². The smallest absolute Gasteiger partial charge is 0.394 e. The van der Waals surface area contributed by atoms with E-state index in [1.807, 2.05) is 0 Å². The first-order chi connectivity index (χ1) is 7.12. The Kier molecular flexibility index (Phi) is 5.32. The lowest BCUT2D eigenvalue weighted by Crippen LogP contribution is -2.52. The fourth-order valence-corrected chi connectivity index (χ4v) is 0.855. The third-order valence-corrected chi connectivity index (χ3v) is 1.82. The van der Waals surface area contributed by atoms with Gasteiger partial charge in [0.1, 0.15) is 24.4 Å². The Balaban J connectivity index is 4.61. The summed E-state index contributed by atoms with van der Waals surface area (Å²) < 4.78 is 24.0. The molecule has 0 saturated heterocycles. The van der Waals surface area contributed by atoms with Crippen LogP contribution in [-0.4, -0.2) is 73.6 Å². The van der Waals surface area contributed by atoms with Gasteiger partial charge in [-0.3, -0.25) is 4.79 Å². The Hall–Kier alpha value is -0.710. The van der Waals surface area contributed by atoms with E-state index in [1.54, 1.807) is 0 Å². The van der Waals surface area contributed by atoms with Gasteiger partial charge < -0.3 is 30.6 Å². The van der Waals surface area contributed by atoms with Crippen molar-refractivity contribution in [3.05, 3.63) is 0 Å². The topological polar surface area (TPSA) is 138 Å². The van der Waals surface area contributed by atoms with E-state index in [2.05, 4.69) is 0 Å². The average Bonchev–Trinajstić information content (AvgIpc) is 2.22. The van der Waals surface area contributed by atoms with E-state index in [0.29, 0.717) is 0 Å². The second-order valence-corrected chi connectivity index (χ2v) is 3.08. The third-order valence-electron chi connectivity index (χ3n) is 1.82. The molecule has 9 heteroatoms. The average molecular weight is 246 g/mol. The number of carbonyl (C=O) groups excluding carboxylic acids is 1. The fourth-order valence-electron chi connectivity index (χ4n) is 0.855. The van der Waals surface area contributed by atoms with Crippen molar-refractivity contribution in [2.24, 2.45) is 0 Å². The van der Waals surface area contributed by atoms with Gasteiger partial charge in [0, 0.05) is 0 Å². The zero-order valence-electron chi connectivity index (χ0n) is 7.86. The molecule has 0 aliphatic carbocycles. The molecule has 0 bridgehead atoms. The van der Waals surface area contributed by atoms with Gasteiger partial charge in [-0.2, -0.15) is 8.78 Å². The van der Waals surface area contributed by atoms with Crippen LogP contribution < -0.4 is 0 Å². The van der Waals surface area contributed by atoms with Crippen molar-refractivity contribution < 1.29 is 44.2 Å². The molecule has 0 heterocycles. The zero-order chi connectivity index (χ0) is 13.1. The van der Waals surface area contributed by atoms with Crippen LogP contribution in [0.5, 0.6) is 0 Å². The van der Waals surface area contributed by atoms with Gasteiger partial charge in [0.15, 0.2) is 0 Å². The van der Waals surface area contributed by atoms with E-state index in [4.69, 9.17) is 30.6 Å². The van der Waals surface area contributed by atoms with Crippen molar-refractivity contribution >= 4 is 5.78 Å². The third kappa shape index (κ3) is 3.70. The van der Waals surface area contributed by atoms with E-state index >= 15 is 0 Å². The van der Waals surface area contributed by atoms with Crippen LogP contribution in [-0.2, 0) is 4.79 Å². The summed E-state index contributed by atoms with van der Waals surface area (Å²) in [5, 5.41) is 51.9. The van der Waals surface area contributed by atoms with Crippen LogP contribution in [0, 0.1) is 0 Å². The van der Waals surface area contributed by atoms with E-state index in [-0.39, 0.29) is 0 Å². The van der Waals surface area contributed by atoms with Crippen LogP contribution in [0.3, 0.4) is 0 Å².